The van der Waals surface area contributed by atoms with Crippen molar-refractivity contribution in [2.75, 3.05) is 13.2 Å². The van der Waals surface area contributed by atoms with Crippen molar-refractivity contribution in [2.24, 2.45) is 0 Å². The molecule has 0 radical (unpaired) electrons. The molecule has 0 aromatic carbocycles. The standard InChI is InChI=1S/C47H86O6/c1-4-7-10-13-16-19-21-23-24-26-28-31-34-37-40-46(49)52-43-44(42-51-45(48)39-36-33-30-27-18-15-12-9-6-3)53-47(50)41-38-35-32-29-25-22-20-17-14-11-8-5-2/h13,16,21,23,44H,4-12,14-15,17-20,22,24-43H2,1-3H3/b16-13-,23-21-/t44-/m1/s1. The van der Waals surface area contributed by atoms with Gasteiger partial charge in [0.2, 0.25) is 0 Å². The Morgan fingerprint density at radius 1 is 0.377 bits per heavy atom. The molecule has 310 valence electrons. The van der Waals surface area contributed by atoms with Gasteiger partial charge in [0.05, 0.1) is 0 Å². The van der Waals surface area contributed by atoms with Gasteiger partial charge in [0.25, 0.3) is 0 Å². The topological polar surface area (TPSA) is 78.9 Å². The molecule has 0 aliphatic heterocycles. The van der Waals surface area contributed by atoms with Crippen LogP contribution in [0.5, 0.6) is 0 Å². The zero-order valence-electron chi connectivity index (χ0n) is 35.3. The normalized spacial score (nSPS) is 12.1. The van der Waals surface area contributed by atoms with E-state index < -0.39 is 6.10 Å². The Kier molecular flexibility index (Phi) is 40.9. The van der Waals surface area contributed by atoms with Crippen molar-refractivity contribution in [1.82, 2.24) is 0 Å². The number of rotatable bonds is 41. The van der Waals surface area contributed by atoms with E-state index in [1.54, 1.807) is 0 Å². The highest BCUT2D eigenvalue weighted by Gasteiger charge is 2.19. The molecule has 0 aromatic rings. The van der Waals surface area contributed by atoms with Crippen LogP contribution < -0.4 is 0 Å². The van der Waals surface area contributed by atoms with E-state index in [1.165, 1.54) is 122 Å². The van der Waals surface area contributed by atoms with Gasteiger partial charge < -0.3 is 14.2 Å². The van der Waals surface area contributed by atoms with E-state index in [0.717, 1.165) is 77.0 Å². The third-order valence-corrected chi connectivity index (χ3v) is 9.96. The number of allylic oxidation sites excluding steroid dienone is 4. The molecule has 0 aromatic heterocycles. The van der Waals surface area contributed by atoms with Crippen LogP contribution in [0.4, 0.5) is 0 Å². The van der Waals surface area contributed by atoms with E-state index in [0.29, 0.717) is 19.3 Å². The zero-order chi connectivity index (χ0) is 38.7. The molecule has 0 amide bonds. The molecule has 0 rings (SSSR count). The average molecular weight is 747 g/mol. The van der Waals surface area contributed by atoms with Crippen molar-refractivity contribution in [1.29, 1.82) is 0 Å². The summed E-state index contributed by atoms with van der Waals surface area (Å²) < 4.78 is 16.7. The van der Waals surface area contributed by atoms with Crippen LogP contribution >= 0.6 is 0 Å². The van der Waals surface area contributed by atoms with E-state index >= 15 is 0 Å². The molecule has 0 aliphatic rings. The number of hydrogen-bond acceptors (Lipinski definition) is 6. The van der Waals surface area contributed by atoms with Crippen LogP contribution in [-0.4, -0.2) is 37.2 Å². The van der Waals surface area contributed by atoms with Crippen molar-refractivity contribution >= 4 is 17.9 Å². The number of ether oxygens (including phenoxy) is 3. The third kappa shape index (κ3) is 40.9. The second-order valence-corrected chi connectivity index (χ2v) is 15.3. The van der Waals surface area contributed by atoms with Crippen LogP contribution in [0.3, 0.4) is 0 Å². The van der Waals surface area contributed by atoms with Crippen molar-refractivity contribution in [3.8, 4) is 0 Å². The Labute approximate surface area is 328 Å². The first-order chi connectivity index (χ1) is 26.0. The van der Waals surface area contributed by atoms with Crippen molar-refractivity contribution in [2.45, 2.75) is 245 Å². The first kappa shape index (κ1) is 50.9. The largest absolute Gasteiger partial charge is 0.462 e. The van der Waals surface area contributed by atoms with Gasteiger partial charge in [0.1, 0.15) is 13.2 Å². The minimum atomic E-state index is -0.768. The molecular formula is C47H86O6. The van der Waals surface area contributed by atoms with Gasteiger partial charge in [-0.3, -0.25) is 14.4 Å². The predicted molar refractivity (Wildman–Crippen MR) is 224 cm³/mol. The number of unbranched alkanes of at least 4 members (excludes halogenated alkanes) is 26. The fourth-order valence-corrected chi connectivity index (χ4v) is 6.46. The maximum absolute atomic E-state index is 12.7. The summed E-state index contributed by atoms with van der Waals surface area (Å²) in [4.78, 5) is 37.7. The lowest BCUT2D eigenvalue weighted by molar-refractivity contribution is -0.167. The highest BCUT2D eigenvalue weighted by molar-refractivity contribution is 5.71. The number of carbonyl (C=O) groups excluding carboxylic acids is 3. The fraction of sp³-hybridized carbons (Fsp3) is 0.851. The number of esters is 3. The van der Waals surface area contributed by atoms with Crippen LogP contribution in [0.25, 0.3) is 0 Å². The first-order valence-corrected chi connectivity index (χ1v) is 22.8. The quantitative estimate of drug-likeness (QED) is 0.0268. The summed E-state index contributed by atoms with van der Waals surface area (Å²) in [7, 11) is 0. The van der Waals surface area contributed by atoms with Crippen molar-refractivity contribution < 1.29 is 28.6 Å². The van der Waals surface area contributed by atoms with Gasteiger partial charge in [-0.25, -0.2) is 0 Å². The monoisotopic (exact) mass is 747 g/mol. The van der Waals surface area contributed by atoms with E-state index in [2.05, 4.69) is 45.1 Å². The Balaban J connectivity index is 4.35. The molecule has 0 unspecified atom stereocenters. The molecular weight excluding hydrogens is 661 g/mol. The lowest BCUT2D eigenvalue weighted by Crippen LogP contribution is -2.30. The van der Waals surface area contributed by atoms with Gasteiger partial charge in [-0.05, 0) is 44.9 Å². The molecule has 1 atom stereocenters. The van der Waals surface area contributed by atoms with Crippen LogP contribution in [0, 0.1) is 0 Å². The van der Waals surface area contributed by atoms with Gasteiger partial charge >= 0.3 is 17.9 Å². The molecule has 0 saturated carbocycles. The summed E-state index contributed by atoms with van der Waals surface area (Å²) in [6.07, 6.45) is 45.8. The molecule has 0 aliphatic carbocycles. The molecule has 0 heterocycles. The molecule has 0 spiro atoms. The van der Waals surface area contributed by atoms with Gasteiger partial charge in [0.15, 0.2) is 6.10 Å². The number of carbonyl (C=O) groups is 3. The average Bonchev–Trinajstić information content (AvgIpc) is 3.15. The second kappa shape index (κ2) is 42.6. The molecule has 0 bridgehead atoms. The van der Waals surface area contributed by atoms with Gasteiger partial charge in [0, 0.05) is 19.3 Å². The predicted octanol–water partition coefficient (Wildman–Crippen LogP) is 14.4. The first-order valence-electron chi connectivity index (χ1n) is 22.8. The lowest BCUT2D eigenvalue weighted by atomic mass is 10.0. The van der Waals surface area contributed by atoms with Crippen molar-refractivity contribution in [3.05, 3.63) is 24.3 Å². The van der Waals surface area contributed by atoms with Gasteiger partial charge in [-0.1, -0.05) is 199 Å². The Hall–Kier alpha value is -2.11. The van der Waals surface area contributed by atoms with Crippen LogP contribution in [0.2, 0.25) is 0 Å². The maximum atomic E-state index is 12.7. The summed E-state index contributed by atoms with van der Waals surface area (Å²) in [5.41, 5.74) is 0. The zero-order valence-corrected chi connectivity index (χ0v) is 35.3. The fourth-order valence-electron chi connectivity index (χ4n) is 6.46. The molecule has 6 nitrogen and oxygen atoms in total. The van der Waals surface area contributed by atoms with E-state index in [-0.39, 0.29) is 31.1 Å². The minimum absolute atomic E-state index is 0.0721. The van der Waals surface area contributed by atoms with Gasteiger partial charge in [-0.15, -0.1) is 0 Å². The van der Waals surface area contributed by atoms with Crippen LogP contribution in [0.1, 0.15) is 239 Å². The SMILES string of the molecule is CCCC/C=C\C/C=C\CCCCCCCC(=O)OC[C@@H](COC(=O)CCCCCCCCCCC)OC(=O)CCCCCCCCCCCCCC. The summed E-state index contributed by atoms with van der Waals surface area (Å²) >= 11 is 0. The molecule has 53 heavy (non-hydrogen) atoms. The van der Waals surface area contributed by atoms with E-state index in [1.807, 2.05) is 0 Å². The Bertz CT molecular complexity index is 865. The molecule has 0 N–H and O–H groups in total. The molecule has 0 fully saturated rings. The Morgan fingerprint density at radius 3 is 1.09 bits per heavy atom. The summed E-state index contributed by atoms with van der Waals surface area (Å²) in [5, 5.41) is 0. The summed E-state index contributed by atoms with van der Waals surface area (Å²) in [6.45, 7) is 6.56. The summed E-state index contributed by atoms with van der Waals surface area (Å²) in [5.74, 6) is -0.884. The second-order valence-electron chi connectivity index (χ2n) is 15.3. The van der Waals surface area contributed by atoms with Gasteiger partial charge in [-0.2, -0.15) is 0 Å². The smallest absolute Gasteiger partial charge is 0.306 e. The van der Waals surface area contributed by atoms with Crippen molar-refractivity contribution in [3.63, 3.8) is 0 Å². The third-order valence-electron chi connectivity index (χ3n) is 9.96. The van der Waals surface area contributed by atoms with E-state index in [9.17, 15) is 14.4 Å². The van der Waals surface area contributed by atoms with Crippen LogP contribution in [-0.2, 0) is 28.6 Å². The number of hydrogen-bond donors (Lipinski definition) is 0. The lowest BCUT2D eigenvalue weighted by Gasteiger charge is -2.18. The molecule has 0 saturated heterocycles. The van der Waals surface area contributed by atoms with E-state index in [4.69, 9.17) is 14.2 Å². The maximum Gasteiger partial charge on any atom is 0.306 e. The molecule has 6 heteroatoms. The minimum Gasteiger partial charge on any atom is -0.462 e. The highest BCUT2D eigenvalue weighted by atomic mass is 16.6. The van der Waals surface area contributed by atoms with Crippen LogP contribution in [0.15, 0.2) is 24.3 Å². The summed E-state index contributed by atoms with van der Waals surface area (Å²) in [6, 6.07) is 0. The highest BCUT2D eigenvalue weighted by Crippen LogP contribution is 2.15. The Morgan fingerprint density at radius 2 is 0.698 bits per heavy atom.